The molecule has 6 rings (SSSR count). The maximum absolute atomic E-state index is 13.7. The summed E-state index contributed by atoms with van der Waals surface area (Å²) in [6.45, 7) is 0.530. The van der Waals surface area contributed by atoms with E-state index in [1.165, 1.54) is 5.56 Å². The second kappa shape index (κ2) is 7.04. The highest BCUT2D eigenvalue weighted by atomic mass is 35.5. The number of nitrogens with zero attached hydrogens (tertiary/aromatic N) is 1. The number of carbonyl (C=O) groups is 1. The van der Waals surface area contributed by atoms with Crippen LogP contribution in [-0.4, -0.2) is 36.6 Å². The van der Waals surface area contributed by atoms with E-state index in [0.29, 0.717) is 28.6 Å². The molecule has 160 valence electrons. The third kappa shape index (κ3) is 2.49. The Morgan fingerprint density at radius 1 is 0.969 bits per heavy atom. The number of aromatic amines is 1. The smallest absolute Gasteiger partial charge is 0.259 e. The fourth-order valence-corrected chi connectivity index (χ4v) is 5.66. The van der Waals surface area contributed by atoms with Gasteiger partial charge in [-0.25, -0.2) is 0 Å². The molecule has 0 aliphatic carbocycles. The van der Waals surface area contributed by atoms with Crippen LogP contribution in [0.15, 0.2) is 60.7 Å². The highest BCUT2D eigenvalue weighted by molar-refractivity contribution is 6.31. The lowest BCUT2D eigenvalue weighted by atomic mass is 9.83. The van der Waals surface area contributed by atoms with Crippen LogP contribution in [0.25, 0.3) is 10.9 Å². The van der Waals surface area contributed by atoms with Crippen LogP contribution in [0.1, 0.15) is 44.7 Å². The minimum absolute atomic E-state index is 0.0442. The molecule has 1 N–H and O–H groups in total. The number of benzene rings is 3. The van der Waals surface area contributed by atoms with E-state index in [1.807, 2.05) is 47.4 Å². The Morgan fingerprint density at radius 3 is 2.53 bits per heavy atom. The molecule has 0 bridgehead atoms. The van der Waals surface area contributed by atoms with E-state index < -0.39 is 0 Å². The van der Waals surface area contributed by atoms with Gasteiger partial charge in [-0.1, -0.05) is 54.1 Å². The first-order valence-electron chi connectivity index (χ1n) is 10.5. The van der Waals surface area contributed by atoms with E-state index in [9.17, 15) is 4.79 Å². The number of methoxy groups -OCH3 is 2. The van der Waals surface area contributed by atoms with E-state index in [4.69, 9.17) is 21.1 Å². The molecule has 0 saturated heterocycles. The summed E-state index contributed by atoms with van der Waals surface area (Å²) in [5, 5.41) is 1.86. The highest BCUT2D eigenvalue weighted by Crippen LogP contribution is 2.52. The first kappa shape index (κ1) is 19.3. The quantitative estimate of drug-likeness (QED) is 0.452. The molecule has 0 spiro atoms. The molecule has 0 unspecified atom stereocenters. The summed E-state index contributed by atoms with van der Waals surface area (Å²) in [5.74, 6) is 0.940. The molecular formula is C26H21ClN2O3. The van der Waals surface area contributed by atoms with Gasteiger partial charge in [0.2, 0.25) is 0 Å². The van der Waals surface area contributed by atoms with Crippen LogP contribution in [0.4, 0.5) is 0 Å². The van der Waals surface area contributed by atoms with Crippen LogP contribution < -0.4 is 9.47 Å². The Hall–Kier alpha value is -3.44. The predicted molar refractivity (Wildman–Crippen MR) is 124 cm³/mol. The van der Waals surface area contributed by atoms with Crippen LogP contribution in [0, 0.1) is 0 Å². The number of halogens is 1. The minimum Gasteiger partial charge on any atom is -0.493 e. The number of H-pyrrole nitrogens is 1. The molecule has 0 saturated carbocycles. The molecule has 6 heteroatoms. The Bertz CT molecular complexity index is 1390. The normalized spacial score (nSPS) is 19.0. The Kier molecular flexibility index (Phi) is 4.24. The summed E-state index contributed by atoms with van der Waals surface area (Å²) in [7, 11) is 3.16. The second-order valence-electron chi connectivity index (χ2n) is 8.20. The summed E-state index contributed by atoms with van der Waals surface area (Å²) < 4.78 is 11.1. The maximum atomic E-state index is 13.7. The van der Waals surface area contributed by atoms with Crippen molar-refractivity contribution in [1.29, 1.82) is 0 Å². The number of fused-ring (bicyclic) bond motifs is 7. The van der Waals surface area contributed by atoms with Gasteiger partial charge in [0.25, 0.3) is 5.91 Å². The molecule has 1 amide bonds. The predicted octanol–water partition coefficient (Wildman–Crippen LogP) is 5.53. The molecule has 3 heterocycles. The van der Waals surface area contributed by atoms with Crippen LogP contribution in [-0.2, 0) is 0 Å². The molecule has 1 aromatic heterocycles. The minimum atomic E-state index is -0.210. The van der Waals surface area contributed by atoms with Gasteiger partial charge in [0, 0.05) is 34.1 Å². The zero-order valence-electron chi connectivity index (χ0n) is 17.7. The van der Waals surface area contributed by atoms with E-state index in [0.717, 1.165) is 27.7 Å². The van der Waals surface area contributed by atoms with Gasteiger partial charge < -0.3 is 19.4 Å². The summed E-state index contributed by atoms with van der Waals surface area (Å²) in [6.07, 6.45) is 0. The van der Waals surface area contributed by atoms with Gasteiger partial charge in [-0.15, -0.1) is 0 Å². The van der Waals surface area contributed by atoms with Crippen molar-refractivity contribution in [3.05, 3.63) is 93.6 Å². The lowest BCUT2D eigenvalue weighted by Crippen LogP contribution is -2.38. The SMILES string of the molecule is COc1ccc2c(c1OC)C(=O)N1C[C@@H](c3ccccc3Cl)c3c([nH]c4ccccc34)[C@@H]21. The van der Waals surface area contributed by atoms with Crippen molar-refractivity contribution in [1.82, 2.24) is 9.88 Å². The number of aromatic nitrogens is 1. The summed E-state index contributed by atoms with van der Waals surface area (Å²) in [6, 6.07) is 19.8. The van der Waals surface area contributed by atoms with Crippen LogP contribution in [0.5, 0.6) is 11.5 Å². The van der Waals surface area contributed by atoms with E-state index >= 15 is 0 Å². The molecule has 0 radical (unpaired) electrons. The third-order valence-corrected chi connectivity index (χ3v) is 7.06. The van der Waals surface area contributed by atoms with E-state index in [1.54, 1.807) is 14.2 Å². The van der Waals surface area contributed by atoms with Gasteiger partial charge in [-0.05, 0) is 34.9 Å². The zero-order valence-corrected chi connectivity index (χ0v) is 18.4. The average Bonchev–Trinajstić information content (AvgIpc) is 3.34. The Balaban J connectivity index is 1.64. The lowest BCUT2D eigenvalue weighted by molar-refractivity contribution is 0.0725. The number of para-hydroxylation sites is 1. The van der Waals surface area contributed by atoms with Gasteiger partial charge >= 0.3 is 0 Å². The molecule has 2 atom stereocenters. The number of carbonyl (C=O) groups excluding carboxylic acids is 1. The van der Waals surface area contributed by atoms with Crippen LogP contribution in [0.2, 0.25) is 5.02 Å². The fraction of sp³-hybridized carbons (Fsp3) is 0.192. The number of hydrogen-bond donors (Lipinski definition) is 1. The number of amides is 1. The van der Waals surface area contributed by atoms with Gasteiger partial charge in [-0.3, -0.25) is 4.79 Å². The standard InChI is InChI=1S/C26H21ClN2O3/c1-31-20-12-11-16-22(25(20)32-2)26(30)29-13-17(14-7-3-5-9-18(14)27)21-15-8-4-6-10-19(15)28-23(21)24(16)29/h3-12,17,24,28H,13H2,1-2H3/t17-,24+/m0/s1. The first-order valence-corrected chi connectivity index (χ1v) is 10.9. The van der Waals surface area contributed by atoms with E-state index in [2.05, 4.69) is 23.2 Å². The van der Waals surface area contributed by atoms with Gasteiger partial charge in [0.1, 0.15) is 0 Å². The van der Waals surface area contributed by atoms with Crippen molar-refractivity contribution >= 4 is 28.4 Å². The van der Waals surface area contributed by atoms with Gasteiger partial charge in [0.05, 0.1) is 25.8 Å². The first-order chi connectivity index (χ1) is 15.6. The van der Waals surface area contributed by atoms with Crippen LogP contribution in [0.3, 0.4) is 0 Å². The summed E-state index contributed by atoms with van der Waals surface area (Å²) in [4.78, 5) is 19.3. The molecule has 4 aromatic rings. The van der Waals surface area contributed by atoms with Crippen molar-refractivity contribution < 1.29 is 14.3 Å². The highest BCUT2D eigenvalue weighted by Gasteiger charge is 2.47. The monoisotopic (exact) mass is 444 g/mol. The zero-order chi connectivity index (χ0) is 22.0. The summed E-state index contributed by atoms with van der Waals surface area (Å²) >= 11 is 6.65. The lowest BCUT2D eigenvalue weighted by Gasteiger charge is -2.36. The molecule has 2 aliphatic heterocycles. The number of hydrogen-bond acceptors (Lipinski definition) is 3. The molecule has 2 aliphatic rings. The molecule has 32 heavy (non-hydrogen) atoms. The number of ether oxygens (including phenoxy) is 2. The largest absolute Gasteiger partial charge is 0.493 e. The van der Waals surface area contributed by atoms with Crippen molar-refractivity contribution in [2.45, 2.75) is 12.0 Å². The molecule has 3 aromatic carbocycles. The molecular weight excluding hydrogens is 424 g/mol. The number of nitrogens with one attached hydrogen (secondary N) is 1. The fourth-order valence-electron chi connectivity index (χ4n) is 5.39. The molecule has 5 nitrogen and oxygen atoms in total. The van der Waals surface area contributed by atoms with Crippen LogP contribution >= 0.6 is 11.6 Å². The van der Waals surface area contributed by atoms with Crippen molar-refractivity contribution in [3.8, 4) is 11.5 Å². The van der Waals surface area contributed by atoms with Crippen molar-refractivity contribution in [3.63, 3.8) is 0 Å². The second-order valence-corrected chi connectivity index (χ2v) is 8.60. The molecule has 0 fully saturated rings. The summed E-state index contributed by atoms with van der Waals surface area (Å²) in [5.41, 5.74) is 5.80. The average molecular weight is 445 g/mol. The van der Waals surface area contributed by atoms with Crippen molar-refractivity contribution in [2.75, 3.05) is 20.8 Å². The third-order valence-electron chi connectivity index (χ3n) is 6.72. The number of rotatable bonds is 3. The topological polar surface area (TPSA) is 54.6 Å². The maximum Gasteiger partial charge on any atom is 0.259 e. The Labute approximate surface area is 190 Å². The van der Waals surface area contributed by atoms with E-state index in [-0.39, 0.29) is 17.9 Å². The van der Waals surface area contributed by atoms with Crippen molar-refractivity contribution in [2.24, 2.45) is 0 Å². The Morgan fingerprint density at radius 2 is 1.75 bits per heavy atom. The van der Waals surface area contributed by atoms with Gasteiger partial charge in [-0.2, -0.15) is 0 Å². The van der Waals surface area contributed by atoms with Gasteiger partial charge in [0.15, 0.2) is 11.5 Å².